The van der Waals surface area contributed by atoms with Crippen LogP contribution in [0.25, 0.3) is 0 Å². The van der Waals surface area contributed by atoms with Gasteiger partial charge in [0, 0.05) is 37.8 Å². The van der Waals surface area contributed by atoms with Crippen molar-refractivity contribution in [2.75, 3.05) is 26.9 Å². The molecule has 1 amide bonds. The monoisotopic (exact) mass is 316 g/mol. The first-order chi connectivity index (χ1) is 9.42. The van der Waals surface area contributed by atoms with Crippen LogP contribution in [0, 0.1) is 0 Å². The Kier molecular flexibility index (Phi) is 9.01. The predicted octanol–water partition coefficient (Wildman–Crippen LogP) is 1.99. The van der Waals surface area contributed by atoms with Crippen molar-refractivity contribution >= 4 is 18.3 Å². The molecule has 1 rings (SSSR count). The van der Waals surface area contributed by atoms with Gasteiger partial charge in [-0.1, -0.05) is 0 Å². The van der Waals surface area contributed by atoms with Crippen LogP contribution in [-0.4, -0.2) is 38.3 Å². The Labute approximate surface area is 132 Å². The van der Waals surface area contributed by atoms with Gasteiger partial charge in [0.15, 0.2) is 0 Å². The SMILES string of the molecule is COCCCOc1ccc(C(=O)NCC(C)(C)N)cc1.Cl. The number of amides is 1. The van der Waals surface area contributed by atoms with Crippen LogP contribution >= 0.6 is 12.4 Å². The molecule has 0 heterocycles. The van der Waals surface area contributed by atoms with Gasteiger partial charge in [0.1, 0.15) is 5.75 Å². The average molecular weight is 317 g/mol. The van der Waals surface area contributed by atoms with Crippen molar-refractivity contribution in [1.82, 2.24) is 5.32 Å². The number of hydrogen-bond acceptors (Lipinski definition) is 4. The number of halogens is 1. The summed E-state index contributed by atoms with van der Waals surface area (Å²) in [4.78, 5) is 11.9. The number of carbonyl (C=O) groups is 1. The van der Waals surface area contributed by atoms with Crippen molar-refractivity contribution in [2.45, 2.75) is 25.8 Å². The van der Waals surface area contributed by atoms with Crippen LogP contribution in [0.2, 0.25) is 0 Å². The second kappa shape index (κ2) is 9.60. The summed E-state index contributed by atoms with van der Waals surface area (Å²) in [6.45, 7) is 5.44. The highest BCUT2D eigenvalue weighted by molar-refractivity contribution is 5.94. The van der Waals surface area contributed by atoms with Gasteiger partial charge in [-0.05, 0) is 38.1 Å². The maximum atomic E-state index is 11.9. The summed E-state index contributed by atoms with van der Waals surface area (Å²) in [7, 11) is 1.66. The lowest BCUT2D eigenvalue weighted by atomic mass is 10.1. The van der Waals surface area contributed by atoms with Crippen LogP contribution in [0.3, 0.4) is 0 Å². The lowest BCUT2D eigenvalue weighted by Crippen LogP contribution is -2.45. The van der Waals surface area contributed by atoms with Gasteiger partial charge in [0.25, 0.3) is 5.91 Å². The van der Waals surface area contributed by atoms with Crippen LogP contribution in [0.4, 0.5) is 0 Å². The van der Waals surface area contributed by atoms with Gasteiger partial charge in [-0.3, -0.25) is 4.79 Å². The van der Waals surface area contributed by atoms with Crippen LogP contribution in [0.5, 0.6) is 5.75 Å². The van der Waals surface area contributed by atoms with Crippen molar-refractivity contribution in [3.63, 3.8) is 0 Å². The summed E-state index contributed by atoms with van der Waals surface area (Å²) < 4.78 is 10.5. The molecule has 5 nitrogen and oxygen atoms in total. The number of rotatable bonds is 8. The molecule has 0 unspecified atom stereocenters. The zero-order valence-electron chi connectivity index (χ0n) is 12.8. The number of methoxy groups -OCH3 is 1. The van der Waals surface area contributed by atoms with Crippen molar-refractivity contribution in [1.29, 1.82) is 0 Å². The number of benzene rings is 1. The number of hydrogen-bond donors (Lipinski definition) is 2. The van der Waals surface area contributed by atoms with E-state index in [1.807, 2.05) is 13.8 Å². The highest BCUT2D eigenvalue weighted by atomic mass is 35.5. The van der Waals surface area contributed by atoms with Gasteiger partial charge >= 0.3 is 0 Å². The van der Waals surface area contributed by atoms with E-state index in [1.165, 1.54) is 0 Å². The first kappa shape index (κ1) is 19.7. The normalized spacial score (nSPS) is 10.7. The molecular formula is C15H25ClN2O3. The van der Waals surface area contributed by atoms with E-state index in [0.717, 1.165) is 12.2 Å². The maximum absolute atomic E-state index is 11.9. The van der Waals surface area contributed by atoms with Gasteiger partial charge in [-0.15, -0.1) is 12.4 Å². The van der Waals surface area contributed by atoms with Crippen molar-refractivity contribution in [3.8, 4) is 5.75 Å². The summed E-state index contributed by atoms with van der Waals surface area (Å²) in [5.74, 6) is 0.617. The lowest BCUT2D eigenvalue weighted by Gasteiger charge is -2.18. The molecule has 0 aliphatic heterocycles. The van der Waals surface area contributed by atoms with E-state index in [9.17, 15) is 4.79 Å². The molecule has 120 valence electrons. The third-order valence-corrected chi connectivity index (χ3v) is 2.58. The second-order valence-electron chi connectivity index (χ2n) is 5.39. The zero-order valence-corrected chi connectivity index (χ0v) is 13.7. The van der Waals surface area contributed by atoms with E-state index in [1.54, 1.807) is 31.4 Å². The molecule has 0 bridgehead atoms. The minimum absolute atomic E-state index is 0. The third-order valence-electron chi connectivity index (χ3n) is 2.58. The Morgan fingerprint density at radius 3 is 2.38 bits per heavy atom. The van der Waals surface area contributed by atoms with E-state index in [0.29, 0.717) is 25.3 Å². The fourth-order valence-electron chi connectivity index (χ4n) is 1.51. The number of nitrogens with two attached hydrogens (primary N) is 1. The van der Waals surface area contributed by atoms with E-state index in [2.05, 4.69) is 5.32 Å². The first-order valence-corrected chi connectivity index (χ1v) is 6.71. The van der Waals surface area contributed by atoms with E-state index >= 15 is 0 Å². The van der Waals surface area contributed by atoms with Crippen LogP contribution in [-0.2, 0) is 4.74 Å². The topological polar surface area (TPSA) is 73.6 Å². The largest absolute Gasteiger partial charge is 0.494 e. The fraction of sp³-hybridized carbons (Fsp3) is 0.533. The quantitative estimate of drug-likeness (QED) is 0.719. The molecule has 0 atom stereocenters. The summed E-state index contributed by atoms with van der Waals surface area (Å²) in [6.07, 6.45) is 0.838. The van der Waals surface area contributed by atoms with Gasteiger partial charge in [0.2, 0.25) is 0 Å². The Hall–Kier alpha value is -1.30. The Bertz CT molecular complexity index is 416. The average Bonchev–Trinajstić information content (AvgIpc) is 2.41. The standard InChI is InChI=1S/C15H24N2O3.ClH/c1-15(2,16)11-17-14(18)12-5-7-13(8-6-12)20-10-4-9-19-3;/h5-8H,4,9-11,16H2,1-3H3,(H,17,18);1H. The van der Waals surface area contributed by atoms with Gasteiger partial charge < -0.3 is 20.5 Å². The van der Waals surface area contributed by atoms with Crippen LogP contribution in [0.1, 0.15) is 30.6 Å². The number of nitrogens with one attached hydrogen (secondary N) is 1. The highest BCUT2D eigenvalue weighted by Crippen LogP contribution is 2.12. The third kappa shape index (κ3) is 8.55. The molecular weight excluding hydrogens is 292 g/mol. The van der Waals surface area contributed by atoms with Crippen LogP contribution < -0.4 is 15.8 Å². The Morgan fingerprint density at radius 2 is 1.86 bits per heavy atom. The van der Waals surface area contributed by atoms with Gasteiger partial charge in [-0.2, -0.15) is 0 Å². The molecule has 0 saturated carbocycles. The smallest absolute Gasteiger partial charge is 0.251 e. The summed E-state index contributed by atoms with van der Waals surface area (Å²) in [5.41, 5.74) is 6.00. The molecule has 1 aromatic rings. The molecule has 0 aromatic heterocycles. The zero-order chi connectivity index (χ0) is 15.0. The van der Waals surface area contributed by atoms with E-state index in [-0.39, 0.29) is 18.3 Å². The van der Waals surface area contributed by atoms with Crippen LogP contribution in [0.15, 0.2) is 24.3 Å². The summed E-state index contributed by atoms with van der Waals surface area (Å²) in [5, 5.41) is 2.80. The molecule has 0 aliphatic rings. The number of carbonyl (C=O) groups excluding carboxylic acids is 1. The molecule has 21 heavy (non-hydrogen) atoms. The molecule has 3 N–H and O–H groups in total. The molecule has 0 fully saturated rings. The minimum atomic E-state index is -0.417. The van der Waals surface area contributed by atoms with Crippen molar-refractivity contribution in [3.05, 3.63) is 29.8 Å². The van der Waals surface area contributed by atoms with E-state index in [4.69, 9.17) is 15.2 Å². The molecule has 6 heteroatoms. The van der Waals surface area contributed by atoms with Crippen molar-refractivity contribution in [2.24, 2.45) is 5.73 Å². The molecule has 0 saturated heterocycles. The maximum Gasteiger partial charge on any atom is 0.251 e. The molecule has 0 aliphatic carbocycles. The number of ether oxygens (including phenoxy) is 2. The Morgan fingerprint density at radius 1 is 1.24 bits per heavy atom. The molecule has 0 spiro atoms. The van der Waals surface area contributed by atoms with Gasteiger partial charge in [-0.25, -0.2) is 0 Å². The van der Waals surface area contributed by atoms with E-state index < -0.39 is 5.54 Å². The van der Waals surface area contributed by atoms with Gasteiger partial charge in [0.05, 0.1) is 6.61 Å². The summed E-state index contributed by atoms with van der Waals surface area (Å²) >= 11 is 0. The second-order valence-corrected chi connectivity index (χ2v) is 5.39. The lowest BCUT2D eigenvalue weighted by molar-refractivity contribution is 0.0946. The molecule has 0 radical (unpaired) electrons. The summed E-state index contributed by atoms with van der Waals surface area (Å²) in [6, 6.07) is 7.06. The van der Waals surface area contributed by atoms with Crippen molar-refractivity contribution < 1.29 is 14.3 Å². The fourth-order valence-corrected chi connectivity index (χ4v) is 1.51. The highest BCUT2D eigenvalue weighted by Gasteiger charge is 2.13. The minimum Gasteiger partial charge on any atom is -0.494 e. The predicted molar refractivity (Wildman–Crippen MR) is 86.3 cm³/mol. The first-order valence-electron chi connectivity index (χ1n) is 6.71. The Balaban J connectivity index is 0.00000400. The molecule has 1 aromatic carbocycles.